The van der Waals surface area contributed by atoms with Crippen LogP contribution in [0.4, 0.5) is 0 Å². The molecule has 0 radical (unpaired) electrons. The molecule has 5 heteroatoms. The lowest BCUT2D eigenvalue weighted by Crippen LogP contribution is -2.54. The van der Waals surface area contributed by atoms with E-state index >= 15 is 0 Å². The van der Waals surface area contributed by atoms with Crippen molar-refractivity contribution in [3.8, 4) is 0 Å². The van der Waals surface area contributed by atoms with Crippen LogP contribution in [-0.2, 0) is 13.0 Å². The highest BCUT2D eigenvalue weighted by Crippen LogP contribution is 2.24. The number of rotatable bonds is 4. The zero-order chi connectivity index (χ0) is 15.5. The maximum atomic E-state index is 10.2. The van der Waals surface area contributed by atoms with E-state index in [4.69, 9.17) is 0 Å². The maximum Gasteiger partial charge on any atom is 0.0695 e. The Bertz CT molecular complexity index is 479. The summed E-state index contributed by atoms with van der Waals surface area (Å²) in [7, 11) is 0. The minimum atomic E-state index is -0.109. The van der Waals surface area contributed by atoms with Crippen LogP contribution in [0.25, 0.3) is 0 Å². The molecule has 1 aliphatic heterocycles. The first kappa shape index (κ1) is 16.0. The van der Waals surface area contributed by atoms with E-state index in [1.165, 1.54) is 36.2 Å². The Kier molecular flexibility index (Phi) is 5.16. The summed E-state index contributed by atoms with van der Waals surface area (Å²) >= 11 is 0. The standard InChI is InChI=1S/C17H30N4O/c1-3-14-13(2)15(19-18-14)12-20-8-10-21(11-9-20)16-6-4-5-7-17(16)22/h16-17,22H,3-12H2,1-2H3,(H,18,19)/t16-,17-/m0/s1. The Balaban J connectivity index is 1.52. The molecular weight excluding hydrogens is 276 g/mol. The quantitative estimate of drug-likeness (QED) is 0.889. The number of hydrogen-bond acceptors (Lipinski definition) is 4. The molecule has 0 spiro atoms. The number of aromatic amines is 1. The van der Waals surface area contributed by atoms with E-state index in [0.717, 1.165) is 45.6 Å². The van der Waals surface area contributed by atoms with Crippen LogP contribution in [0, 0.1) is 6.92 Å². The van der Waals surface area contributed by atoms with E-state index in [1.807, 2.05) is 0 Å². The molecule has 22 heavy (non-hydrogen) atoms. The van der Waals surface area contributed by atoms with E-state index in [2.05, 4.69) is 33.8 Å². The number of nitrogens with one attached hydrogen (secondary N) is 1. The van der Waals surface area contributed by atoms with Crippen LogP contribution in [-0.4, -0.2) is 63.4 Å². The Morgan fingerprint density at radius 3 is 2.55 bits per heavy atom. The van der Waals surface area contributed by atoms with Gasteiger partial charge in [0.25, 0.3) is 0 Å². The van der Waals surface area contributed by atoms with Crippen molar-refractivity contribution in [1.29, 1.82) is 0 Å². The topological polar surface area (TPSA) is 55.4 Å². The molecule has 0 aromatic carbocycles. The summed E-state index contributed by atoms with van der Waals surface area (Å²) in [6, 6.07) is 0.400. The van der Waals surface area contributed by atoms with Gasteiger partial charge in [0.05, 0.1) is 17.5 Å². The fourth-order valence-corrected chi connectivity index (χ4v) is 3.97. The van der Waals surface area contributed by atoms with Gasteiger partial charge in [-0.25, -0.2) is 0 Å². The molecule has 1 aromatic rings. The van der Waals surface area contributed by atoms with Crippen molar-refractivity contribution >= 4 is 0 Å². The molecule has 1 aliphatic carbocycles. The highest BCUT2D eigenvalue weighted by Gasteiger charge is 2.30. The first-order chi connectivity index (χ1) is 10.7. The van der Waals surface area contributed by atoms with E-state index in [9.17, 15) is 5.11 Å². The van der Waals surface area contributed by atoms with Crippen molar-refractivity contribution in [3.63, 3.8) is 0 Å². The highest BCUT2D eigenvalue weighted by atomic mass is 16.3. The van der Waals surface area contributed by atoms with Crippen LogP contribution in [0.5, 0.6) is 0 Å². The Morgan fingerprint density at radius 1 is 1.18 bits per heavy atom. The molecule has 1 aromatic heterocycles. The number of aryl methyl sites for hydroxylation is 1. The van der Waals surface area contributed by atoms with Gasteiger partial charge in [-0.05, 0) is 31.7 Å². The third-order valence-corrected chi connectivity index (χ3v) is 5.50. The van der Waals surface area contributed by atoms with E-state index in [1.54, 1.807) is 0 Å². The first-order valence-electron chi connectivity index (χ1n) is 8.86. The van der Waals surface area contributed by atoms with Crippen molar-refractivity contribution in [2.45, 2.75) is 64.6 Å². The zero-order valence-electron chi connectivity index (χ0n) is 14.0. The fourth-order valence-electron chi connectivity index (χ4n) is 3.97. The maximum absolute atomic E-state index is 10.2. The molecule has 5 nitrogen and oxygen atoms in total. The van der Waals surface area contributed by atoms with Crippen molar-refractivity contribution in [1.82, 2.24) is 20.0 Å². The monoisotopic (exact) mass is 306 g/mol. The van der Waals surface area contributed by atoms with Gasteiger partial charge < -0.3 is 5.11 Å². The van der Waals surface area contributed by atoms with Crippen molar-refractivity contribution in [2.24, 2.45) is 0 Å². The summed E-state index contributed by atoms with van der Waals surface area (Å²) in [5, 5.41) is 17.8. The molecule has 3 rings (SSSR count). The molecule has 0 bridgehead atoms. The number of aliphatic hydroxyl groups excluding tert-OH is 1. The SMILES string of the molecule is CCc1n[nH]c(CN2CCN([C@H]3CCCC[C@@H]3O)CC2)c1C. The number of hydrogen-bond donors (Lipinski definition) is 2. The van der Waals surface area contributed by atoms with Crippen LogP contribution in [0.15, 0.2) is 0 Å². The molecule has 2 N–H and O–H groups in total. The van der Waals surface area contributed by atoms with Gasteiger partial charge in [0, 0.05) is 38.8 Å². The van der Waals surface area contributed by atoms with Crippen molar-refractivity contribution in [2.75, 3.05) is 26.2 Å². The summed E-state index contributed by atoms with van der Waals surface area (Å²) in [6.45, 7) is 9.63. The van der Waals surface area contributed by atoms with Gasteiger partial charge in [-0.2, -0.15) is 5.10 Å². The molecular formula is C17H30N4O. The normalized spacial score (nSPS) is 28.1. The van der Waals surface area contributed by atoms with Gasteiger partial charge in [-0.1, -0.05) is 19.8 Å². The lowest BCUT2D eigenvalue weighted by Gasteiger charge is -2.42. The predicted octanol–water partition coefficient (Wildman–Crippen LogP) is 1.70. The number of piperazine rings is 1. The Hall–Kier alpha value is -0.910. The van der Waals surface area contributed by atoms with Crippen LogP contribution < -0.4 is 0 Å². The van der Waals surface area contributed by atoms with Crippen molar-refractivity contribution in [3.05, 3.63) is 17.0 Å². The lowest BCUT2D eigenvalue weighted by molar-refractivity contribution is -0.00491. The third kappa shape index (κ3) is 3.36. The number of aliphatic hydroxyl groups is 1. The van der Waals surface area contributed by atoms with Crippen LogP contribution in [0.3, 0.4) is 0 Å². The second-order valence-corrected chi connectivity index (χ2v) is 6.86. The van der Waals surface area contributed by atoms with Crippen LogP contribution in [0.2, 0.25) is 0 Å². The Labute approximate surface area is 133 Å². The molecule has 1 saturated carbocycles. The summed E-state index contributed by atoms with van der Waals surface area (Å²) < 4.78 is 0. The van der Waals surface area contributed by atoms with E-state index in [0.29, 0.717) is 6.04 Å². The average molecular weight is 306 g/mol. The molecule has 0 amide bonds. The molecule has 0 unspecified atom stereocenters. The summed E-state index contributed by atoms with van der Waals surface area (Å²) in [6.07, 6.45) is 5.50. The average Bonchev–Trinajstić information content (AvgIpc) is 2.89. The van der Waals surface area contributed by atoms with Gasteiger partial charge in [0.2, 0.25) is 0 Å². The van der Waals surface area contributed by atoms with Gasteiger partial charge in [0.15, 0.2) is 0 Å². The van der Waals surface area contributed by atoms with Gasteiger partial charge in [-0.3, -0.25) is 14.9 Å². The summed E-state index contributed by atoms with van der Waals surface area (Å²) in [5.74, 6) is 0. The number of H-pyrrole nitrogens is 1. The second kappa shape index (κ2) is 7.11. The largest absolute Gasteiger partial charge is 0.391 e. The molecule has 2 aliphatic rings. The molecule has 2 heterocycles. The van der Waals surface area contributed by atoms with E-state index < -0.39 is 0 Å². The number of aromatic nitrogens is 2. The van der Waals surface area contributed by atoms with Crippen LogP contribution in [0.1, 0.15) is 49.6 Å². The van der Waals surface area contributed by atoms with Gasteiger partial charge >= 0.3 is 0 Å². The van der Waals surface area contributed by atoms with Crippen molar-refractivity contribution < 1.29 is 5.11 Å². The third-order valence-electron chi connectivity index (χ3n) is 5.50. The molecule has 1 saturated heterocycles. The number of nitrogens with zero attached hydrogens (tertiary/aromatic N) is 3. The second-order valence-electron chi connectivity index (χ2n) is 6.86. The minimum Gasteiger partial charge on any atom is -0.391 e. The van der Waals surface area contributed by atoms with Gasteiger partial charge in [0.1, 0.15) is 0 Å². The summed E-state index contributed by atoms with van der Waals surface area (Å²) in [5.41, 5.74) is 3.79. The minimum absolute atomic E-state index is 0.109. The van der Waals surface area contributed by atoms with E-state index in [-0.39, 0.29) is 6.10 Å². The first-order valence-corrected chi connectivity index (χ1v) is 8.86. The smallest absolute Gasteiger partial charge is 0.0695 e. The summed E-state index contributed by atoms with van der Waals surface area (Å²) in [4.78, 5) is 5.02. The predicted molar refractivity (Wildman–Crippen MR) is 87.8 cm³/mol. The fraction of sp³-hybridized carbons (Fsp3) is 0.824. The lowest BCUT2D eigenvalue weighted by atomic mass is 9.91. The van der Waals surface area contributed by atoms with Crippen LogP contribution >= 0.6 is 0 Å². The highest BCUT2D eigenvalue weighted by molar-refractivity contribution is 5.23. The van der Waals surface area contributed by atoms with Gasteiger partial charge in [-0.15, -0.1) is 0 Å². The molecule has 124 valence electrons. The zero-order valence-corrected chi connectivity index (χ0v) is 14.0. The molecule has 2 fully saturated rings. The molecule has 2 atom stereocenters. The Morgan fingerprint density at radius 2 is 1.91 bits per heavy atom.